The quantitative estimate of drug-likeness (QED) is 0.609. The van der Waals surface area contributed by atoms with Crippen LogP contribution in [0.4, 0.5) is 5.69 Å². The highest BCUT2D eigenvalue weighted by Gasteiger charge is 2.29. The van der Waals surface area contributed by atoms with E-state index in [-0.39, 0.29) is 5.91 Å². The second kappa shape index (κ2) is 7.96. The van der Waals surface area contributed by atoms with Crippen LogP contribution in [-0.2, 0) is 22.1 Å². The van der Waals surface area contributed by atoms with Crippen molar-refractivity contribution >= 4 is 43.9 Å². The molecule has 1 saturated carbocycles. The molecule has 3 aromatic heterocycles. The fourth-order valence-corrected chi connectivity index (χ4v) is 6.78. The van der Waals surface area contributed by atoms with Crippen LogP contribution in [0.1, 0.15) is 46.8 Å². The number of carbonyl (C=O) groups is 1. The summed E-state index contributed by atoms with van der Waals surface area (Å²) in [5.41, 5.74) is 11.4. The molecular formula is C22H24N4O3S2. The first-order valence-electron chi connectivity index (χ1n) is 10.3. The molecule has 2 N–H and O–H groups in total. The van der Waals surface area contributed by atoms with Gasteiger partial charge in [-0.15, -0.1) is 11.3 Å². The fraction of sp³-hybridized carbons (Fsp3) is 0.409. The molecule has 0 saturated heterocycles. The van der Waals surface area contributed by atoms with Crippen molar-refractivity contribution in [3.63, 3.8) is 0 Å². The lowest BCUT2D eigenvalue weighted by Gasteiger charge is -2.27. The number of hydrogen-bond donors (Lipinski definition) is 1. The maximum absolute atomic E-state index is 12.8. The highest BCUT2D eigenvalue weighted by atomic mass is 32.2. The lowest BCUT2D eigenvalue weighted by molar-refractivity contribution is 0.0812. The number of pyridine rings is 2. The van der Waals surface area contributed by atoms with Crippen molar-refractivity contribution in [2.24, 2.45) is 0 Å². The van der Waals surface area contributed by atoms with Crippen molar-refractivity contribution < 1.29 is 13.7 Å². The van der Waals surface area contributed by atoms with Crippen LogP contribution in [0.2, 0.25) is 0 Å². The molecule has 1 aliphatic carbocycles. The van der Waals surface area contributed by atoms with Crippen LogP contribution < -0.4 is 5.73 Å². The highest BCUT2D eigenvalue weighted by molar-refractivity contribution is 7.87. The highest BCUT2D eigenvalue weighted by Crippen LogP contribution is 2.46. The largest absolute Gasteiger partial charge is 0.396 e. The van der Waals surface area contributed by atoms with Crippen molar-refractivity contribution in [1.29, 1.82) is 0 Å². The summed E-state index contributed by atoms with van der Waals surface area (Å²) in [6, 6.07) is 4.12. The Bertz CT molecular complexity index is 1220. The average molecular weight is 457 g/mol. The van der Waals surface area contributed by atoms with Gasteiger partial charge in [-0.2, -0.15) is 0 Å². The molecule has 1 amide bonds. The smallest absolute Gasteiger partial charge is 0.272 e. The average Bonchev–Trinajstić information content (AvgIpc) is 3.21. The summed E-state index contributed by atoms with van der Waals surface area (Å²) in [6.45, 7) is 0.976. The summed E-state index contributed by atoms with van der Waals surface area (Å²) in [6.07, 6.45) is 5.17. The zero-order valence-electron chi connectivity index (χ0n) is 17.5. The molecule has 3 aromatic rings. The summed E-state index contributed by atoms with van der Waals surface area (Å²) in [5, 5.41) is 0.947. The van der Waals surface area contributed by atoms with Gasteiger partial charge in [0, 0.05) is 43.4 Å². The molecule has 5 rings (SSSR count). The number of hydrogen-bond acceptors (Lipinski definition) is 7. The van der Waals surface area contributed by atoms with Crippen molar-refractivity contribution in [2.75, 3.05) is 32.3 Å². The number of anilines is 1. The normalized spacial score (nSPS) is 17.2. The number of rotatable bonds is 6. The minimum atomic E-state index is -1.22. The second-order valence-electron chi connectivity index (χ2n) is 8.14. The van der Waals surface area contributed by atoms with Crippen molar-refractivity contribution in [1.82, 2.24) is 14.9 Å². The van der Waals surface area contributed by atoms with Crippen LogP contribution in [-0.4, -0.2) is 51.5 Å². The Labute approximate surface area is 187 Å². The van der Waals surface area contributed by atoms with Crippen molar-refractivity contribution in [2.45, 2.75) is 35.9 Å². The van der Waals surface area contributed by atoms with E-state index in [1.54, 1.807) is 25.3 Å². The van der Waals surface area contributed by atoms with E-state index in [1.807, 2.05) is 6.07 Å². The molecule has 1 fully saturated rings. The summed E-state index contributed by atoms with van der Waals surface area (Å²) in [4.78, 5) is 24.0. The van der Waals surface area contributed by atoms with Crippen LogP contribution in [0.15, 0.2) is 22.5 Å². The van der Waals surface area contributed by atoms with E-state index in [0.29, 0.717) is 40.4 Å². The number of methoxy groups -OCH3 is 1. The van der Waals surface area contributed by atoms with Gasteiger partial charge in [-0.25, -0.2) is 4.98 Å². The van der Waals surface area contributed by atoms with Gasteiger partial charge in [0.2, 0.25) is 0 Å². The SMILES string of the molecule is COCCS(=O)c1sc2nc(-c3cnc4c(c3)CN(C)C4=O)cc(C3CCC3)c2c1N. The molecule has 7 nitrogen and oxygen atoms in total. The molecule has 2 aliphatic rings. The Hall–Kier alpha value is -2.36. The lowest BCUT2D eigenvalue weighted by atomic mass is 9.79. The number of nitrogens with two attached hydrogens (primary N) is 1. The van der Waals surface area contributed by atoms with Crippen LogP contribution >= 0.6 is 11.3 Å². The predicted molar refractivity (Wildman–Crippen MR) is 123 cm³/mol. The Morgan fingerprint density at radius 1 is 1.35 bits per heavy atom. The summed E-state index contributed by atoms with van der Waals surface area (Å²) in [7, 11) is 2.16. The number of amides is 1. The molecule has 0 aromatic carbocycles. The van der Waals surface area contributed by atoms with E-state index < -0.39 is 10.8 Å². The van der Waals surface area contributed by atoms with E-state index in [1.165, 1.54) is 23.3 Å². The minimum Gasteiger partial charge on any atom is -0.396 e. The Kier molecular flexibility index (Phi) is 5.27. The number of aromatic nitrogens is 2. The standard InChI is InChI=1S/C22H24N4O3S2/c1-26-11-14-8-13(10-24-19(14)21(26)27)16-9-15(12-4-3-5-12)17-18(23)22(30-20(17)25-16)31(28)7-6-29-2/h8-10,12H,3-7,11,23H2,1-2H3. The first kappa shape index (κ1) is 20.5. The molecular weight excluding hydrogens is 432 g/mol. The molecule has 9 heteroatoms. The zero-order chi connectivity index (χ0) is 21.7. The monoisotopic (exact) mass is 456 g/mol. The van der Waals surface area contributed by atoms with E-state index >= 15 is 0 Å². The van der Waals surface area contributed by atoms with E-state index in [9.17, 15) is 9.00 Å². The van der Waals surface area contributed by atoms with Crippen LogP contribution in [0.3, 0.4) is 0 Å². The van der Waals surface area contributed by atoms with Gasteiger partial charge in [0.25, 0.3) is 5.91 Å². The number of nitrogen functional groups attached to an aromatic ring is 1. The van der Waals surface area contributed by atoms with E-state index in [2.05, 4.69) is 11.1 Å². The third-order valence-electron chi connectivity index (χ3n) is 6.14. The van der Waals surface area contributed by atoms with Gasteiger partial charge >= 0.3 is 0 Å². The lowest BCUT2D eigenvalue weighted by Crippen LogP contribution is -2.18. The fourth-order valence-electron chi connectivity index (χ4n) is 4.21. The van der Waals surface area contributed by atoms with Gasteiger partial charge in [0.15, 0.2) is 0 Å². The zero-order valence-corrected chi connectivity index (χ0v) is 19.1. The first-order chi connectivity index (χ1) is 15.0. The topological polar surface area (TPSA) is 98.4 Å². The molecule has 1 aliphatic heterocycles. The molecule has 1 unspecified atom stereocenters. The van der Waals surface area contributed by atoms with Crippen LogP contribution in [0.5, 0.6) is 0 Å². The molecule has 162 valence electrons. The van der Waals surface area contributed by atoms with E-state index in [4.69, 9.17) is 15.5 Å². The number of thiophene rings is 1. The van der Waals surface area contributed by atoms with Crippen molar-refractivity contribution in [3.8, 4) is 11.3 Å². The number of fused-ring (bicyclic) bond motifs is 2. The summed E-state index contributed by atoms with van der Waals surface area (Å²) >= 11 is 1.41. The molecule has 4 heterocycles. The third-order valence-corrected chi connectivity index (χ3v) is 9.01. The molecule has 0 spiro atoms. The van der Waals surface area contributed by atoms with Gasteiger partial charge in [0.05, 0.1) is 34.5 Å². The van der Waals surface area contributed by atoms with Crippen LogP contribution in [0, 0.1) is 0 Å². The maximum Gasteiger partial charge on any atom is 0.272 e. The van der Waals surface area contributed by atoms with Gasteiger partial charge < -0.3 is 15.4 Å². The number of ether oxygens (including phenoxy) is 1. The molecule has 1 atom stereocenters. The van der Waals surface area contributed by atoms with Gasteiger partial charge in [-0.05, 0) is 36.5 Å². The number of nitrogens with zero attached hydrogens (tertiary/aromatic N) is 3. The molecule has 0 bridgehead atoms. The Morgan fingerprint density at radius 2 is 2.16 bits per heavy atom. The van der Waals surface area contributed by atoms with Crippen LogP contribution in [0.25, 0.3) is 21.5 Å². The summed E-state index contributed by atoms with van der Waals surface area (Å²) < 4.78 is 18.6. The van der Waals surface area contributed by atoms with Gasteiger partial charge in [0.1, 0.15) is 14.7 Å². The number of carbonyl (C=O) groups excluding carboxylic acids is 1. The van der Waals surface area contributed by atoms with E-state index in [0.717, 1.165) is 39.9 Å². The predicted octanol–water partition coefficient (Wildman–Crippen LogP) is 3.55. The summed E-state index contributed by atoms with van der Waals surface area (Å²) in [5.74, 6) is 0.806. The third kappa shape index (κ3) is 3.44. The Balaban J connectivity index is 1.63. The van der Waals surface area contributed by atoms with Gasteiger partial charge in [-0.3, -0.25) is 14.0 Å². The molecule has 31 heavy (non-hydrogen) atoms. The second-order valence-corrected chi connectivity index (χ2v) is 10.9. The first-order valence-corrected chi connectivity index (χ1v) is 12.5. The molecule has 0 radical (unpaired) electrons. The van der Waals surface area contributed by atoms with Crippen molar-refractivity contribution in [3.05, 3.63) is 35.2 Å². The van der Waals surface area contributed by atoms with Gasteiger partial charge in [-0.1, -0.05) is 6.42 Å². The maximum atomic E-state index is 12.8. The Morgan fingerprint density at radius 3 is 2.87 bits per heavy atom. The minimum absolute atomic E-state index is 0.0469.